The quantitative estimate of drug-likeness (QED) is 0.398. The van der Waals surface area contributed by atoms with Crippen LogP contribution < -0.4 is 5.32 Å². The number of piperidine rings is 1. The molecule has 2 aromatic heterocycles. The summed E-state index contributed by atoms with van der Waals surface area (Å²) in [6.07, 6.45) is 1.90. The van der Waals surface area contributed by atoms with Crippen molar-refractivity contribution in [1.29, 1.82) is 0 Å². The molecule has 6 heteroatoms. The van der Waals surface area contributed by atoms with Crippen LogP contribution in [0.15, 0.2) is 72.1 Å². The molecule has 1 saturated heterocycles. The molecule has 1 amide bonds. The summed E-state index contributed by atoms with van der Waals surface area (Å²) in [5.41, 5.74) is 5.94. The molecule has 34 heavy (non-hydrogen) atoms. The smallest absolute Gasteiger partial charge is 0.270 e. The van der Waals surface area contributed by atoms with Crippen molar-refractivity contribution in [3.8, 4) is 16.3 Å². The van der Waals surface area contributed by atoms with Crippen LogP contribution in [0.2, 0.25) is 0 Å². The molecule has 1 fully saturated rings. The second-order valence-corrected chi connectivity index (χ2v) is 10.1. The Morgan fingerprint density at radius 2 is 1.82 bits per heavy atom. The van der Waals surface area contributed by atoms with E-state index < -0.39 is 0 Å². The molecule has 0 atom stereocenters. The molecule has 0 bridgehead atoms. The number of nitrogens with zero attached hydrogens (tertiary/aromatic N) is 3. The van der Waals surface area contributed by atoms with E-state index in [9.17, 15) is 4.79 Å². The monoisotopic (exact) mass is 470 g/mol. The molecule has 1 aliphatic rings. The van der Waals surface area contributed by atoms with Gasteiger partial charge in [-0.05, 0) is 67.0 Å². The summed E-state index contributed by atoms with van der Waals surface area (Å²) in [5, 5.41) is 10.2. The van der Waals surface area contributed by atoms with Crippen LogP contribution in [0.5, 0.6) is 0 Å². The summed E-state index contributed by atoms with van der Waals surface area (Å²) >= 11 is 1.64. The van der Waals surface area contributed by atoms with Gasteiger partial charge in [-0.25, -0.2) is 4.68 Å². The van der Waals surface area contributed by atoms with E-state index in [1.807, 2.05) is 28.3 Å². The van der Waals surface area contributed by atoms with E-state index >= 15 is 0 Å². The fourth-order valence-electron chi connectivity index (χ4n) is 4.56. The lowest BCUT2D eigenvalue weighted by molar-refractivity contribution is 0.0901. The zero-order valence-corrected chi connectivity index (χ0v) is 20.5. The molecule has 4 aromatic rings. The highest BCUT2D eigenvalue weighted by molar-refractivity contribution is 7.13. The molecule has 0 radical (unpaired) electrons. The van der Waals surface area contributed by atoms with Crippen molar-refractivity contribution < 1.29 is 4.79 Å². The first-order chi connectivity index (χ1) is 16.6. The minimum atomic E-state index is -0.0577. The van der Waals surface area contributed by atoms with Crippen LogP contribution in [-0.4, -0.2) is 39.7 Å². The molecule has 2 aromatic carbocycles. The van der Waals surface area contributed by atoms with Crippen LogP contribution >= 0.6 is 11.3 Å². The average molecular weight is 471 g/mol. The van der Waals surface area contributed by atoms with Gasteiger partial charge in [0.05, 0.1) is 10.6 Å². The Morgan fingerprint density at radius 1 is 1.03 bits per heavy atom. The maximum absolute atomic E-state index is 13.5. The van der Waals surface area contributed by atoms with Gasteiger partial charge in [0.15, 0.2) is 0 Å². The first kappa shape index (κ1) is 22.6. The standard InChI is InChI=1S/C28H30N4OS/c1-20-10-11-21(2)25(17-20)32-26(18-24(30-32)27-9-6-16-34-27)28(33)29-23-12-14-31(15-13-23)19-22-7-4-3-5-8-22/h3-11,16-18,23H,12-15,19H2,1-2H3,(H,29,33). The van der Waals surface area contributed by atoms with Crippen LogP contribution in [-0.2, 0) is 6.54 Å². The van der Waals surface area contributed by atoms with E-state index in [1.54, 1.807) is 11.3 Å². The minimum Gasteiger partial charge on any atom is -0.348 e. The Labute approximate surface area is 205 Å². The van der Waals surface area contributed by atoms with Crippen molar-refractivity contribution in [2.75, 3.05) is 13.1 Å². The summed E-state index contributed by atoms with van der Waals surface area (Å²) in [6, 6.07) is 23.0. The highest BCUT2D eigenvalue weighted by atomic mass is 32.1. The maximum Gasteiger partial charge on any atom is 0.270 e. The molecule has 0 saturated carbocycles. The number of thiophene rings is 1. The van der Waals surface area contributed by atoms with Gasteiger partial charge in [0, 0.05) is 25.7 Å². The Morgan fingerprint density at radius 3 is 2.56 bits per heavy atom. The van der Waals surface area contributed by atoms with Gasteiger partial charge in [-0.1, -0.05) is 48.5 Å². The van der Waals surface area contributed by atoms with Crippen molar-refractivity contribution in [2.24, 2.45) is 0 Å². The van der Waals surface area contributed by atoms with Gasteiger partial charge in [-0.15, -0.1) is 11.3 Å². The lowest BCUT2D eigenvalue weighted by Crippen LogP contribution is -2.44. The summed E-state index contributed by atoms with van der Waals surface area (Å²) in [7, 11) is 0. The van der Waals surface area contributed by atoms with Gasteiger partial charge < -0.3 is 5.32 Å². The number of hydrogen-bond acceptors (Lipinski definition) is 4. The SMILES string of the molecule is Cc1ccc(C)c(-n2nc(-c3cccs3)cc2C(=O)NC2CCN(Cc3ccccc3)CC2)c1. The first-order valence-corrected chi connectivity index (χ1v) is 12.7. The highest BCUT2D eigenvalue weighted by Gasteiger charge is 2.24. The Bertz CT molecular complexity index is 1260. The van der Waals surface area contributed by atoms with E-state index in [4.69, 9.17) is 5.10 Å². The molecule has 0 spiro atoms. The number of hydrogen-bond donors (Lipinski definition) is 1. The fourth-order valence-corrected chi connectivity index (χ4v) is 5.24. The number of nitrogens with one attached hydrogen (secondary N) is 1. The Kier molecular flexibility index (Phi) is 6.61. The fraction of sp³-hybridized carbons (Fsp3) is 0.286. The van der Waals surface area contributed by atoms with E-state index in [0.717, 1.165) is 59.9 Å². The molecule has 1 aliphatic heterocycles. The third kappa shape index (κ3) is 4.98. The molecule has 1 N–H and O–H groups in total. The maximum atomic E-state index is 13.5. The predicted octanol–water partition coefficient (Wildman–Crippen LogP) is 5.61. The lowest BCUT2D eigenvalue weighted by Gasteiger charge is -2.32. The molecule has 174 valence electrons. The number of amides is 1. The van der Waals surface area contributed by atoms with Crippen molar-refractivity contribution in [2.45, 2.75) is 39.3 Å². The number of likely N-dealkylation sites (tertiary alicyclic amines) is 1. The van der Waals surface area contributed by atoms with Crippen molar-refractivity contribution >= 4 is 17.2 Å². The summed E-state index contributed by atoms with van der Waals surface area (Å²) < 4.78 is 1.82. The highest BCUT2D eigenvalue weighted by Crippen LogP contribution is 2.27. The van der Waals surface area contributed by atoms with Crippen molar-refractivity contribution in [3.05, 3.63) is 94.5 Å². The van der Waals surface area contributed by atoms with Crippen LogP contribution in [0.25, 0.3) is 16.3 Å². The van der Waals surface area contributed by atoms with Gasteiger partial charge in [-0.2, -0.15) is 5.10 Å². The van der Waals surface area contributed by atoms with Crippen molar-refractivity contribution in [3.63, 3.8) is 0 Å². The summed E-state index contributed by atoms with van der Waals surface area (Å²) in [5.74, 6) is -0.0577. The van der Waals surface area contributed by atoms with Crippen LogP contribution in [0, 0.1) is 13.8 Å². The second kappa shape index (κ2) is 9.95. The molecule has 0 aliphatic carbocycles. The van der Waals surface area contributed by atoms with Gasteiger partial charge in [0.25, 0.3) is 5.91 Å². The number of benzene rings is 2. The van der Waals surface area contributed by atoms with Crippen LogP contribution in [0.4, 0.5) is 0 Å². The number of rotatable bonds is 6. The van der Waals surface area contributed by atoms with Gasteiger partial charge in [-0.3, -0.25) is 9.69 Å². The second-order valence-electron chi connectivity index (χ2n) is 9.10. The third-order valence-corrected chi connectivity index (χ3v) is 7.37. The zero-order valence-electron chi connectivity index (χ0n) is 19.7. The third-order valence-electron chi connectivity index (χ3n) is 6.48. The van der Waals surface area contributed by atoms with Crippen LogP contribution in [0.1, 0.15) is 40.0 Å². The largest absolute Gasteiger partial charge is 0.348 e. The Balaban J connectivity index is 1.33. The summed E-state index contributed by atoms with van der Waals surface area (Å²) in [6.45, 7) is 7.05. The number of aromatic nitrogens is 2. The topological polar surface area (TPSA) is 50.2 Å². The van der Waals surface area contributed by atoms with Gasteiger partial charge in [0.1, 0.15) is 11.4 Å². The van der Waals surface area contributed by atoms with Gasteiger partial charge >= 0.3 is 0 Å². The normalized spacial score (nSPS) is 14.9. The molecule has 3 heterocycles. The zero-order chi connectivity index (χ0) is 23.5. The molecule has 0 unspecified atom stereocenters. The van der Waals surface area contributed by atoms with E-state index in [0.29, 0.717) is 5.69 Å². The van der Waals surface area contributed by atoms with E-state index in [-0.39, 0.29) is 11.9 Å². The van der Waals surface area contributed by atoms with E-state index in [2.05, 4.69) is 72.6 Å². The lowest BCUT2D eigenvalue weighted by atomic mass is 10.0. The first-order valence-electron chi connectivity index (χ1n) is 11.9. The molecule has 5 nitrogen and oxygen atoms in total. The number of carbonyl (C=O) groups excluding carboxylic acids is 1. The molecular formula is C28H30N4OS. The Hall–Kier alpha value is -3.22. The number of carbonyl (C=O) groups is 1. The van der Waals surface area contributed by atoms with Gasteiger partial charge in [0.2, 0.25) is 0 Å². The predicted molar refractivity (Wildman–Crippen MR) is 139 cm³/mol. The number of aryl methyl sites for hydroxylation is 2. The van der Waals surface area contributed by atoms with Crippen molar-refractivity contribution in [1.82, 2.24) is 20.0 Å². The average Bonchev–Trinajstić information content (AvgIpc) is 3.53. The molecular weight excluding hydrogens is 440 g/mol. The summed E-state index contributed by atoms with van der Waals surface area (Å²) in [4.78, 5) is 17.0. The molecule has 5 rings (SSSR count). The van der Waals surface area contributed by atoms with Crippen LogP contribution in [0.3, 0.4) is 0 Å². The minimum absolute atomic E-state index is 0.0577. The van der Waals surface area contributed by atoms with E-state index in [1.165, 1.54) is 5.56 Å².